The minimum atomic E-state index is 1.31. The summed E-state index contributed by atoms with van der Waals surface area (Å²) >= 11 is 0. The number of unbranched alkanes of at least 4 members (excludes halogenated alkanes) is 3. The Balaban J connectivity index is -0.0000000742. The van der Waals surface area contributed by atoms with Crippen molar-refractivity contribution in [1.82, 2.24) is 0 Å². The smallest absolute Gasteiger partial charge is 0.211 e. The van der Waals surface area contributed by atoms with Gasteiger partial charge in [0.1, 0.15) is 0 Å². The molecule has 0 bridgehead atoms. The molecule has 0 aromatic carbocycles. The summed E-state index contributed by atoms with van der Waals surface area (Å²) in [4.78, 5) is 35.4. The Kier molecular flexibility index (Phi) is 63.7. The van der Waals surface area contributed by atoms with Gasteiger partial charge in [-0.2, -0.15) is 0 Å². The van der Waals surface area contributed by atoms with Crippen molar-refractivity contribution in [3.05, 3.63) is 0 Å². The molecule has 0 atom stereocenters. The number of rotatable bonds is 3. The minimum absolute atomic E-state index is 1.31. The van der Waals surface area contributed by atoms with Crippen LogP contribution in [-0.4, -0.2) is 39.4 Å². The zero-order chi connectivity index (χ0) is 15.1. The lowest BCUT2D eigenvalue weighted by molar-refractivity contribution is 0.564. The first kappa shape index (κ1) is 25.1. The van der Waals surface area contributed by atoms with Crippen LogP contribution in [0.25, 0.3) is 0 Å². The average Bonchev–Trinajstić information content (AvgIpc) is 2.45. The maximum atomic E-state index is 8.88. The highest BCUT2D eigenvalue weighted by Crippen LogP contribution is 1.95. The van der Waals surface area contributed by atoms with Crippen LogP contribution >= 0.6 is 0 Å². The monoisotopic (exact) mass is 257 g/mol. The topological polar surface area (TPSA) is 88.3 Å². The van der Waals surface area contributed by atoms with Gasteiger partial charge in [0.25, 0.3) is 0 Å². The zero-order valence-corrected chi connectivity index (χ0v) is 11.9. The first-order chi connectivity index (χ1) is 8.66. The van der Waals surface area contributed by atoms with Gasteiger partial charge >= 0.3 is 0 Å². The molecule has 18 heavy (non-hydrogen) atoms. The molecule has 0 aliphatic rings. The lowest BCUT2D eigenvalue weighted by atomic mass is 10.2. The van der Waals surface area contributed by atoms with Gasteiger partial charge in [0.15, 0.2) is 0 Å². The van der Waals surface area contributed by atoms with Crippen LogP contribution in [0.15, 0.2) is 15.0 Å². The van der Waals surface area contributed by atoms with Crippen LogP contribution in [0.5, 0.6) is 0 Å². The highest BCUT2D eigenvalue weighted by atomic mass is 16.1. The Morgan fingerprint density at radius 2 is 0.833 bits per heavy atom. The normalized spacial score (nSPS) is 5.83. The van der Waals surface area contributed by atoms with Gasteiger partial charge in [0.2, 0.25) is 18.2 Å². The van der Waals surface area contributed by atoms with E-state index in [1.807, 2.05) is 0 Å². The van der Waals surface area contributed by atoms with Crippen LogP contribution in [0.2, 0.25) is 0 Å². The molecule has 0 fully saturated rings. The number of hydrogen-bond donors (Lipinski definition) is 0. The molecule has 0 aliphatic heterocycles. The molecule has 0 aromatic rings. The average molecular weight is 257 g/mol. The molecule has 0 N–H and O–H groups in total. The molecule has 0 heterocycles. The first-order valence-corrected chi connectivity index (χ1v) is 5.54. The second-order valence-electron chi connectivity index (χ2n) is 2.65. The summed E-state index contributed by atoms with van der Waals surface area (Å²) in [6, 6.07) is 0. The summed E-state index contributed by atoms with van der Waals surface area (Å²) in [5.41, 5.74) is 0. The zero-order valence-electron chi connectivity index (χ0n) is 11.9. The Hall–Kier alpha value is -1.86. The molecular weight excluding hydrogens is 234 g/mol. The molecule has 0 rings (SSSR count). The number of hydrogen-bond acceptors (Lipinski definition) is 6. The van der Waals surface area contributed by atoms with Crippen molar-refractivity contribution in [2.24, 2.45) is 15.0 Å². The summed E-state index contributed by atoms with van der Waals surface area (Å²) in [6.45, 7) is 4.46. The number of aliphatic imine (C=N–C) groups is 3. The van der Waals surface area contributed by atoms with Crippen molar-refractivity contribution in [1.29, 1.82) is 0 Å². The molecule has 0 aromatic heterocycles. The molecule has 0 radical (unpaired) electrons. The van der Waals surface area contributed by atoms with E-state index in [0.717, 1.165) is 0 Å². The summed E-state index contributed by atoms with van der Waals surface area (Å²) in [7, 11) is 4.15. The fourth-order valence-electron chi connectivity index (χ4n) is 0.500. The molecule has 104 valence electrons. The maximum absolute atomic E-state index is 8.88. The maximum Gasteiger partial charge on any atom is 0.234 e. The molecule has 0 saturated heterocycles. The molecule has 0 spiro atoms. The van der Waals surface area contributed by atoms with Crippen LogP contribution in [0.4, 0.5) is 0 Å². The minimum Gasteiger partial charge on any atom is -0.211 e. The third-order valence-electron chi connectivity index (χ3n) is 1.23. The van der Waals surface area contributed by atoms with Crippen LogP contribution in [0.3, 0.4) is 0 Å². The summed E-state index contributed by atoms with van der Waals surface area (Å²) in [6.07, 6.45) is 9.45. The lowest BCUT2D eigenvalue weighted by Gasteiger charge is -1.86. The van der Waals surface area contributed by atoms with Crippen molar-refractivity contribution in [3.8, 4) is 0 Å². The van der Waals surface area contributed by atoms with E-state index >= 15 is 0 Å². The Labute approximate surface area is 109 Å². The molecule has 0 amide bonds. The number of carbonyl (C=O) groups excluding carboxylic acids is 3. The van der Waals surface area contributed by atoms with Crippen molar-refractivity contribution in [2.45, 2.75) is 39.5 Å². The van der Waals surface area contributed by atoms with Crippen LogP contribution in [0, 0.1) is 0 Å². The third kappa shape index (κ3) is 142. The van der Waals surface area contributed by atoms with E-state index in [1.54, 1.807) is 0 Å². The summed E-state index contributed by atoms with van der Waals surface area (Å²) in [5.74, 6) is 0. The van der Waals surface area contributed by atoms with Crippen molar-refractivity contribution in [2.75, 3.05) is 21.1 Å². The van der Waals surface area contributed by atoms with Crippen LogP contribution in [-0.2, 0) is 14.4 Å². The summed E-state index contributed by atoms with van der Waals surface area (Å²) < 4.78 is 0. The summed E-state index contributed by atoms with van der Waals surface area (Å²) in [5, 5.41) is 0. The molecule has 0 saturated carbocycles. The predicted molar refractivity (Wildman–Crippen MR) is 72.0 cm³/mol. The van der Waals surface area contributed by atoms with Gasteiger partial charge in [-0.1, -0.05) is 39.5 Å². The SMILES string of the molecule is CCCCCC.CN=C=O.CN=C=O.CN=C=O. The van der Waals surface area contributed by atoms with Gasteiger partial charge in [-0.25, -0.2) is 29.4 Å². The number of nitrogens with zero attached hydrogens (tertiary/aromatic N) is 3. The van der Waals surface area contributed by atoms with Gasteiger partial charge < -0.3 is 0 Å². The molecule has 6 nitrogen and oxygen atoms in total. The highest BCUT2D eigenvalue weighted by molar-refractivity contribution is 5.32. The third-order valence-corrected chi connectivity index (χ3v) is 1.23. The van der Waals surface area contributed by atoms with E-state index in [2.05, 4.69) is 28.8 Å². The molecule has 0 aliphatic carbocycles. The van der Waals surface area contributed by atoms with Gasteiger partial charge in [-0.05, 0) is 0 Å². The number of isocyanates is 3. The Bertz CT molecular complexity index is 220. The predicted octanol–water partition coefficient (Wildman–Crippen LogP) is 2.44. The van der Waals surface area contributed by atoms with E-state index in [9.17, 15) is 0 Å². The van der Waals surface area contributed by atoms with E-state index in [1.165, 1.54) is 65.1 Å². The van der Waals surface area contributed by atoms with Crippen molar-refractivity contribution >= 4 is 18.2 Å². The molecular formula is C12H23N3O3. The second kappa shape index (κ2) is 45.7. The first-order valence-electron chi connectivity index (χ1n) is 5.54. The van der Waals surface area contributed by atoms with Crippen molar-refractivity contribution in [3.63, 3.8) is 0 Å². The largest absolute Gasteiger partial charge is 0.234 e. The van der Waals surface area contributed by atoms with Gasteiger partial charge in [0.05, 0.1) is 0 Å². The van der Waals surface area contributed by atoms with Gasteiger partial charge in [0, 0.05) is 21.1 Å². The lowest BCUT2D eigenvalue weighted by Crippen LogP contribution is -1.66. The fraction of sp³-hybridized carbons (Fsp3) is 0.750. The van der Waals surface area contributed by atoms with Crippen LogP contribution in [0.1, 0.15) is 39.5 Å². The standard InChI is InChI=1S/C6H14.3C2H3NO/c1-3-5-6-4-2;3*1-3-2-4/h3-6H2,1-2H3;3*1H3. The Morgan fingerprint density at radius 3 is 0.889 bits per heavy atom. The van der Waals surface area contributed by atoms with Gasteiger partial charge in [-0.15, -0.1) is 0 Å². The Morgan fingerprint density at radius 1 is 0.667 bits per heavy atom. The van der Waals surface area contributed by atoms with Gasteiger partial charge in [-0.3, -0.25) is 0 Å². The molecule has 6 heteroatoms. The highest BCUT2D eigenvalue weighted by Gasteiger charge is 1.75. The van der Waals surface area contributed by atoms with E-state index < -0.39 is 0 Å². The second-order valence-corrected chi connectivity index (χ2v) is 2.65. The molecule has 0 unspecified atom stereocenters. The van der Waals surface area contributed by atoms with E-state index in [-0.39, 0.29) is 0 Å². The fourth-order valence-corrected chi connectivity index (χ4v) is 0.500. The van der Waals surface area contributed by atoms with Crippen molar-refractivity contribution < 1.29 is 14.4 Å². The van der Waals surface area contributed by atoms with E-state index in [0.29, 0.717) is 0 Å². The van der Waals surface area contributed by atoms with Crippen LogP contribution < -0.4 is 0 Å². The van der Waals surface area contributed by atoms with E-state index in [4.69, 9.17) is 14.4 Å². The quantitative estimate of drug-likeness (QED) is 0.442.